The number of nitrogens with zero attached hydrogens (tertiary/aromatic N) is 1. The highest BCUT2D eigenvalue weighted by molar-refractivity contribution is 9.10. The molecule has 1 fully saturated rings. The van der Waals surface area contributed by atoms with Crippen LogP contribution < -0.4 is 14.8 Å². The molecular formula is C13H15BrN2O3. The summed E-state index contributed by atoms with van der Waals surface area (Å²) in [4.78, 5) is 13.6. The molecule has 6 heteroatoms. The average Bonchev–Trinajstić information content (AvgIpc) is 2.37. The zero-order valence-corrected chi connectivity index (χ0v) is 12.6. The summed E-state index contributed by atoms with van der Waals surface area (Å²) in [6.07, 6.45) is 0.710. The maximum Gasteiger partial charge on any atom is 0.320 e. The van der Waals surface area contributed by atoms with Crippen molar-refractivity contribution < 1.29 is 14.3 Å². The van der Waals surface area contributed by atoms with E-state index in [4.69, 9.17) is 9.47 Å². The van der Waals surface area contributed by atoms with E-state index in [1.807, 2.05) is 19.1 Å². The number of amides is 2. The monoisotopic (exact) mass is 326 g/mol. The third-order valence-electron chi connectivity index (χ3n) is 3.87. The van der Waals surface area contributed by atoms with Crippen molar-refractivity contribution in [2.24, 2.45) is 0 Å². The zero-order chi connectivity index (χ0) is 13.8. The van der Waals surface area contributed by atoms with Gasteiger partial charge in [0.15, 0.2) is 5.72 Å². The summed E-state index contributed by atoms with van der Waals surface area (Å²) in [5.41, 5.74) is 0.335. The number of nitrogens with one attached hydrogen (secondary N) is 1. The average molecular weight is 327 g/mol. The summed E-state index contributed by atoms with van der Waals surface area (Å²) in [5, 5.41) is 2.99. The molecule has 1 saturated heterocycles. The molecule has 0 aliphatic carbocycles. The third kappa shape index (κ3) is 1.77. The molecule has 102 valence electrons. The summed E-state index contributed by atoms with van der Waals surface area (Å²) in [6, 6.07) is 3.60. The number of hydrogen-bond donors (Lipinski definition) is 1. The second kappa shape index (κ2) is 4.03. The molecular weight excluding hydrogens is 312 g/mol. The number of carbonyl (C=O) groups excluding carboxylic acids is 1. The number of rotatable bonds is 1. The van der Waals surface area contributed by atoms with Gasteiger partial charge >= 0.3 is 6.03 Å². The van der Waals surface area contributed by atoms with Crippen LogP contribution in [0.1, 0.15) is 24.9 Å². The SMILES string of the molecule is COc1cc(Br)c2c(c1)C1CC(C)(O2)N(C)C(=O)N1. The highest BCUT2D eigenvalue weighted by Gasteiger charge is 2.48. The largest absolute Gasteiger partial charge is 0.497 e. The van der Waals surface area contributed by atoms with Gasteiger partial charge in [0.05, 0.1) is 17.6 Å². The molecule has 0 saturated carbocycles. The van der Waals surface area contributed by atoms with Gasteiger partial charge in [0.2, 0.25) is 0 Å². The first-order valence-corrected chi connectivity index (χ1v) is 6.85. The topological polar surface area (TPSA) is 50.8 Å². The Morgan fingerprint density at radius 1 is 1.58 bits per heavy atom. The molecule has 0 radical (unpaired) electrons. The number of urea groups is 1. The highest BCUT2D eigenvalue weighted by atomic mass is 79.9. The van der Waals surface area contributed by atoms with Crippen LogP contribution in [0.15, 0.2) is 16.6 Å². The van der Waals surface area contributed by atoms with Crippen LogP contribution in [-0.2, 0) is 0 Å². The van der Waals surface area contributed by atoms with E-state index in [9.17, 15) is 4.79 Å². The number of methoxy groups -OCH3 is 1. The summed E-state index contributed by atoms with van der Waals surface area (Å²) in [6.45, 7) is 1.93. The zero-order valence-electron chi connectivity index (χ0n) is 11.0. The van der Waals surface area contributed by atoms with Crippen molar-refractivity contribution in [2.45, 2.75) is 25.1 Å². The molecule has 2 bridgehead atoms. The van der Waals surface area contributed by atoms with Crippen molar-refractivity contribution in [1.82, 2.24) is 10.2 Å². The second-order valence-corrected chi connectivity index (χ2v) is 5.92. The number of benzene rings is 1. The van der Waals surface area contributed by atoms with Gasteiger partial charge in [-0.3, -0.25) is 4.90 Å². The Kier molecular flexibility index (Phi) is 2.67. The molecule has 1 aromatic rings. The minimum absolute atomic E-state index is 0.0520. The predicted octanol–water partition coefficient (Wildman–Crippen LogP) is 2.65. The van der Waals surface area contributed by atoms with Crippen LogP contribution in [0.4, 0.5) is 4.79 Å². The number of fused-ring (bicyclic) bond motifs is 4. The van der Waals surface area contributed by atoms with Crippen LogP contribution in [0.2, 0.25) is 0 Å². The lowest BCUT2D eigenvalue weighted by Gasteiger charge is -2.49. The molecule has 0 aromatic heterocycles. The molecule has 2 heterocycles. The van der Waals surface area contributed by atoms with E-state index in [2.05, 4.69) is 21.2 Å². The number of carbonyl (C=O) groups is 1. The highest BCUT2D eigenvalue weighted by Crippen LogP contribution is 2.48. The summed E-state index contributed by atoms with van der Waals surface area (Å²) >= 11 is 3.50. The number of hydrogen-bond acceptors (Lipinski definition) is 3. The first-order valence-electron chi connectivity index (χ1n) is 6.05. The van der Waals surface area contributed by atoms with Gasteiger partial charge in [-0.05, 0) is 35.0 Å². The Bertz CT molecular complexity index is 563. The van der Waals surface area contributed by atoms with Crippen LogP contribution in [0.3, 0.4) is 0 Å². The Morgan fingerprint density at radius 2 is 2.32 bits per heavy atom. The fourth-order valence-corrected chi connectivity index (χ4v) is 3.15. The Hall–Kier alpha value is -1.43. The van der Waals surface area contributed by atoms with Gasteiger partial charge in [-0.2, -0.15) is 0 Å². The minimum Gasteiger partial charge on any atom is -0.497 e. The molecule has 1 N–H and O–H groups in total. The van der Waals surface area contributed by atoms with Crippen molar-refractivity contribution >= 4 is 22.0 Å². The molecule has 1 aromatic carbocycles. The summed E-state index contributed by atoms with van der Waals surface area (Å²) < 4.78 is 12.2. The van der Waals surface area contributed by atoms with Crippen LogP contribution in [-0.4, -0.2) is 30.8 Å². The second-order valence-electron chi connectivity index (χ2n) is 5.07. The van der Waals surface area contributed by atoms with E-state index in [0.717, 1.165) is 21.5 Å². The number of halogens is 1. The van der Waals surface area contributed by atoms with Gasteiger partial charge < -0.3 is 14.8 Å². The maximum atomic E-state index is 12.0. The molecule has 0 spiro atoms. The normalized spacial score (nSPS) is 28.3. The van der Waals surface area contributed by atoms with E-state index in [-0.39, 0.29) is 12.1 Å². The first kappa shape index (κ1) is 12.6. The maximum absolute atomic E-state index is 12.0. The number of ether oxygens (including phenoxy) is 2. The van der Waals surface area contributed by atoms with Gasteiger partial charge in [-0.1, -0.05) is 0 Å². The molecule has 3 rings (SSSR count). The van der Waals surface area contributed by atoms with Gasteiger partial charge in [-0.25, -0.2) is 4.79 Å². The van der Waals surface area contributed by atoms with Crippen molar-refractivity contribution in [3.63, 3.8) is 0 Å². The van der Waals surface area contributed by atoms with E-state index in [1.54, 1.807) is 19.1 Å². The molecule has 2 atom stereocenters. The molecule has 5 nitrogen and oxygen atoms in total. The van der Waals surface area contributed by atoms with Crippen molar-refractivity contribution in [2.75, 3.05) is 14.2 Å². The van der Waals surface area contributed by atoms with Crippen LogP contribution in [0, 0.1) is 0 Å². The minimum atomic E-state index is -0.614. The quantitative estimate of drug-likeness (QED) is 0.863. The van der Waals surface area contributed by atoms with E-state index in [1.165, 1.54) is 0 Å². The first-order chi connectivity index (χ1) is 8.94. The fourth-order valence-electron chi connectivity index (χ4n) is 2.62. The fraction of sp³-hybridized carbons (Fsp3) is 0.462. The smallest absolute Gasteiger partial charge is 0.320 e. The van der Waals surface area contributed by atoms with E-state index >= 15 is 0 Å². The molecule has 2 amide bonds. The van der Waals surface area contributed by atoms with Crippen molar-refractivity contribution in [3.8, 4) is 11.5 Å². The predicted molar refractivity (Wildman–Crippen MR) is 73.4 cm³/mol. The Labute approximate surface area is 120 Å². The van der Waals surface area contributed by atoms with E-state index < -0.39 is 5.72 Å². The van der Waals surface area contributed by atoms with Gasteiger partial charge in [0.1, 0.15) is 11.5 Å². The molecule has 2 aliphatic rings. The Balaban J connectivity index is 2.14. The lowest BCUT2D eigenvalue weighted by Crippen LogP contribution is -2.63. The lowest BCUT2D eigenvalue weighted by atomic mass is 9.90. The van der Waals surface area contributed by atoms with Gasteiger partial charge in [0.25, 0.3) is 0 Å². The molecule has 2 aliphatic heterocycles. The Morgan fingerprint density at radius 3 is 3.00 bits per heavy atom. The van der Waals surface area contributed by atoms with Gasteiger partial charge in [-0.15, -0.1) is 0 Å². The van der Waals surface area contributed by atoms with E-state index in [0.29, 0.717) is 6.42 Å². The lowest BCUT2D eigenvalue weighted by molar-refractivity contribution is -0.0725. The van der Waals surface area contributed by atoms with Crippen molar-refractivity contribution in [3.05, 3.63) is 22.2 Å². The molecule has 2 unspecified atom stereocenters. The van der Waals surface area contributed by atoms with Crippen LogP contribution in [0.25, 0.3) is 0 Å². The third-order valence-corrected chi connectivity index (χ3v) is 4.46. The van der Waals surface area contributed by atoms with Crippen LogP contribution in [0.5, 0.6) is 11.5 Å². The van der Waals surface area contributed by atoms with Crippen LogP contribution >= 0.6 is 15.9 Å². The van der Waals surface area contributed by atoms with Crippen molar-refractivity contribution in [1.29, 1.82) is 0 Å². The van der Waals surface area contributed by atoms with Gasteiger partial charge in [0, 0.05) is 19.0 Å². The summed E-state index contributed by atoms with van der Waals surface area (Å²) in [5.74, 6) is 1.51. The summed E-state index contributed by atoms with van der Waals surface area (Å²) in [7, 11) is 3.36. The molecule has 19 heavy (non-hydrogen) atoms. The standard InChI is InChI=1S/C13H15BrN2O3/c1-13-6-10(15-12(17)16(13)2)8-4-7(18-3)5-9(14)11(8)19-13/h4-5,10H,6H2,1-3H3,(H,15,17).